The number of benzene rings is 1. The molecule has 1 saturated carbocycles. The molecule has 0 radical (unpaired) electrons. The van der Waals surface area contributed by atoms with Gasteiger partial charge >= 0.3 is 5.97 Å². The molecule has 2 rings (SSSR count). The third-order valence-corrected chi connectivity index (χ3v) is 3.35. The number of Topliss-reactive ketones (excluding diaryl/α,β-unsaturated/α-hetero) is 1. The summed E-state index contributed by atoms with van der Waals surface area (Å²) in [5.74, 6) is -0.241. The maximum atomic E-state index is 12.4. The van der Waals surface area contributed by atoms with Gasteiger partial charge in [-0.2, -0.15) is 0 Å². The average molecular weight is 277 g/mol. The number of nitrogens with one attached hydrogen (secondary N) is 1. The van der Waals surface area contributed by atoms with Gasteiger partial charge in [0.1, 0.15) is 5.75 Å². The number of carboxylic acids is 1. The summed E-state index contributed by atoms with van der Waals surface area (Å²) < 4.78 is 5.06. The van der Waals surface area contributed by atoms with Crippen molar-refractivity contribution < 1.29 is 19.4 Å². The number of hydrogen-bond acceptors (Lipinski definition) is 4. The van der Waals surface area contributed by atoms with E-state index in [-0.39, 0.29) is 12.2 Å². The van der Waals surface area contributed by atoms with Gasteiger partial charge in [0.15, 0.2) is 5.78 Å². The van der Waals surface area contributed by atoms with Crippen LogP contribution in [-0.4, -0.2) is 36.1 Å². The van der Waals surface area contributed by atoms with Crippen LogP contribution in [0.2, 0.25) is 0 Å². The van der Waals surface area contributed by atoms with Crippen molar-refractivity contribution in [1.29, 1.82) is 0 Å². The number of methoxy groups -OCH3 is 1. The quantitative estimate of drug-likeness (QED) is 0.709. The number of carbonyl (C=O) groups is 2. The van der Waals surface area contributed by atoms with Gasteiger partial charge in [-0.05, 0) is 43.5 Å². The number of aliphatic carboxylic acids is 1. The summed E-state index contributed by atoms with van der Waals surface area (Å²) in [5, 5.41) is 12.0. The Morgan fingerprint density at radius 3 is 2.50 bits per heavy atom. The fraction of sp³-hybridized carbons (Fsp3) is 0.467. The summed E-state index contributed by atoms with van der Waals surface area (Å²) in [5.41, 5.74) is 0.578. The molecule has 1 fully saturated rings. The van der Waals surface area contributed by atoms with Crippen molar-refractivity contribution >= 4 is 11.8 Å². The molecule has 108 valence electrons. The van der Waals surface area contributed by atoms with Crippen LogP contribution in [0.4, 0.5) is 0 Å². The highest BCUT2D eigenvalue weighted by molar-refractivity contribution is 6.00. The van der Waals surface area contributed by atoms with Gasteiger partial charge in [0.2, 0.25) is 0 Å². The van der Waals surface area contributed by atoms with Crippen molar-refractivity contribution in [2.75, 3.05) is 7.11 Å². The van der Waals surface area contributed by atoms with Crippen molar-refractivity contribution in [1.82, 2.24) is 5.32 Å². The topological polar surface area (TPSA) is 75.6 Å². The molecule has 1 atom stereocenters. The Hall–Kier alpha value is -1.88. The Balaban J connectivity index is 2.04. The summed E-state index contributed by atoms with van der Waals surface area (Å²) in [4.78, 5) is 23.1. The lowest BCUT2D eigenvalue weighted by Crippen LogP contribution is -2.38. The van der Waals surface area contributed by atoms with Gasteiger partial charge in [-0.3, -0.25) is 9.59 Å². The molecule has 0 aromatic heterocycles. The van der Waals surface area contributed by atoms with Crippen molar-refractivity contribution in [3.05, 3.63) is 29.8 Å². The van der Waals surface area contributed by atoms with Crippen molar-refractivity contribution in [2.45, 2.75) is 37.8 Å². The lowest BCUT2D eigenvalue weighted by molar-refractivity contribution is -0.137. The predicted octanol–water partition coefficient (Wildman–Crippen LogP) is 1.86. The van der Waals surface area contributed by atoms with Crippen LogP contribution in [0.3, 0.4) is 0 Å². The van der Waals surface area contributed by atoms with Crippen molar-refractivity contribution in [3.8, 4) is 5.75 Å². The van der Waals surface area contributed by atoms with Crippen LogP contribution >= 0.6 is 0 Å². The van der Waals surface area contributed by atoms with E-state index in [9.17, 15) is 9.59 Å². The van der Waals surface area contributed by atoms with Crippen LogP contribution in [0, 0.1) is 0 Å². The zero-order valence-corrected chi connectivity index (χ0v) is 11.5. The molecule has 5 heteroatoms. The Kier molecular flexibility index (Phi) is 4.74. The number of rotatable bonds is 8. The molecule has 20 heavy (non-hydrogen) atoms. The molecule has 0 bridgehead atoms. The van der Waals surface area contributed by atoms with Crippen LogP contribution < -0.4 is 10.1 Å². The first-order chi connectivity index (χ1) is 9.60. The molecule has 0 heterocycles. The second-order valence-electron chi connectivity index (χ2n) is 5.02. The summed E-state index contributed by atoms with van der Waals surface area (Å²) >= 11 is 0. The number of carbonyl (C=O) groups excluding carboxylic acids is 1. The summed E-state index contributed by atoms with van der Waals surface area (Å²) in [6, 6.07) is 6.83. The molecule has 5 nitrogen and oxygen atoms in total. The SMILES string of the molecule is COc1ccc(C(=O)C(CCC(=O)O)NC2CC2)cc1. The van der Waals surface area contributed by atoms with E-state index in [0.29, 0.717) is 23.8 Å². The predicted molar refractivity (Wildman–Crippen MR) is 74.1 cm³/mol. The van der Waals surface area contributed by atoms with Crippen LogP contribution in [-0.2, 0) is 4.79 Å². The number of carboxylic acid groups (broad SMARTS) is 1. The zero-order valence-electron chi connectivity index (χ0n) is 11.5. The molecule has 1 unspecified atom stereocenters. The van der Waals surface area contributed by atoms with E-state index >= 15 is 0 Å². The van der Waals surface area contributed by atoms with Crippen LogP contribution in [0.25, 0.3) is 0 Å². The van der Waals surface area contributed by atoms with Gasteiger partial charge < -0.3 is 15.2 Å². The normalized spacial score (nSPS) is 15.7. The van der Waals surface area contributed by atoms with Crippen LogP contribution in [0.5, 0.6) is 5.75 Å². The molecular formula is C15H19NO4. The lowest BCUT2D eigenvalue weighted by Gasteiger charge is -2.16. The van der Waals surface area contributed by atoms with Crippen molar-refractivity contribution in [3.63, 3.8) is 0 Å². The number of ether oxygens (including phenoxy) is 1. The van der Waals surface area contributed by atoms with Gasteiger partial charge in [0.25, 0.3) is 0 Å². The smallest absolute Gasteiger partial charge is 0.303 e. The Bertz CT molecular complexity index is 479. The first-order valence-electron chi connectivity index (χ1n) is 6.76. The van der Waals surface area contributed by atoms with E-state index in [2.05, 4.69) is 5.32 Å². The number of hydrogen-bond donors (Lipinski definition) is 2. The highest BCUT2D eigenvalue weighted by Gasteiger charge is 2.29. The molecule has 0 amide bonds. The van der Waals surface area contributed by atoms with Crippen molar-refractivity contribution in [2.24, 2.45) is 0 Å². The second kappa shape index (κ2) is 6.52. The fourth-order valence-corrected chi connectivity index (χ4v) is 2.05. The van der Waals surface area contributed by atoms with E-state index < -0.39 is 12.0 Å². The highest BCUT2D eigenvalue weighted by Crippen LogP contribution is 2.22. The minimum absolute atomic E-state index is 0.00766. The summed E-state index contributed by atoms with van der Waals surface area (Å²) in [7, 11) is 1.57. The standard InChI is InChI=1S/C15H19NO4/c1-20-12-6-2-10(3-7-12)15(19)13(8-9-14(17)18)16-11-4-5-11/h2-3,6-7,11,13,16H,4-5,8-9H2,1H3,(H,17,18). The maximum Gasteiger partial charge on any atom is 0.303 e. The monoisotopic (exact) mass is 277 g/mol. The lowest BCUT2D eigenvalue weighted by atomic mass is 10.00. The van der Waals surface area contributed by atoms with E-state index in [0.717, 1.165) is 12.8 Å². The first kappa shape index (κ1) is 14.5. The molecular weight excluding hydrogens is 258 g/mol. The Morgan fingerprint density at radius 2 is 2.00 bits per heavy atom. The summed E-state index contributed by atoms with van der Waals surface area (Å²) in [6.45, 7) is 0. The van der Waals surface area contributed by atoms with Gasteiger partial charge in [-0.15, -0.1) is 0 Å². The van der Waals surface area contributed by atoms with E-state index in [4.69, 9.17) is 9.84 Å². The molecule has 0 spiro atoms. The van der Waals surface area contributed by atoms with Gasteiger partial charge in [-0.1, -0.05) is 0 Å². The average Bonchev–Trinajstić information content (AvgIpc) is 3.26. The third-order valence-electron chi connectivity index (χ3n) is 3.35. The Morgan fingerprint density at radius 1 is 1.35 bits per heavy atom. The molecule has 1 aromatic carbocycles. The third kappa shape index (κ3) is 4.06. The van der Waals surface area contributed by atoms with E-state index in [1.54, 1.807) is 31.4 Å². The largest absolute Gasteiger partial charge is 0.497 e. The van der Waals surface area contributed by atoms with E-state index in [1.807, 2.05) is 0 Å². The summed E-state index contributed by atoms with van der Waals surface area (Å²) in [6.07, 6.45) is 2.42. The molecule has 1 aromatic rings. The van der Waals surface area contributed by atoms with Gasteiger partial charge in [0, 0.05) is 18.0 Å². The van der Waals surface area contributed by atoms with Crippen LogP contribution in [0.15, 0.2) is 24.3 Å². The van der Waals surface area contributed by atoms with Crippen LogP contribution in [0.1, 0.15) is 36.0 Å². The molecule has 0 saturated heterocycles. The minimum atomic E-state index is -0.880. The number of ketones is 1. The first-order valence-corrected chi connectivity index (χ1v) is 6.76. The van der Waals surface area contributed by atoms with E-state index in [1.165, 1.54) is 0 Å². The highest BCUT2D eigenvalue weighted by atomic mass is 16.5. The maximum absolute atomic E-state index is 12.4. The van der Waals surface area contributed by atoms with Gasteiger partial charge in [-0.25, -0.2) is 0 Å². The molecule has 1 aliphatic carbocycles. The zero-order chi connectivity index (χ0) is 14.5. The van der Waals surface area contributed by atoms with Gasteiger partial charge in [0.05, 0.1) is 13.2 Å². The molecule has 1 aliphatic rings. The minimum Gasteiger partial charge on any atom is -0.497 e. The molecule has 2 N–H and O–H groups in total. The Labute approximate surface area is 117 Å². The molecule has 0 aliphatic heterocycles. The fourth-order valence-electron chi connectivity index (χ4n) is 2.05. The second-order valence-corrected chi connectivity index (χ2v) is 5.02.